The molecule has 25 heavy (non-hydrogen) atoms. The summed E-state index contributed by atoms with van der Waals surface area (Å²) in [5.74, 6) is -1.86. The van der Waals surface area contributed by atoms with E-state index in [0.717, 1.165) is 0 Å². The molecule has 0 spiro atoms. The Hall–Kier alpha value is -3.92. The maximum Gasteiger partial charge on any atom is 0.380 e. The highest BCUT2D eigenvalue weighted by Gasteiger charge is 2.17. The Morgan fingerprint density at radius 3 is 2.44 bits per heavy atom. The molecule has 3 rings (SSSR count). The first-order valence-electron chi connectivity index (χ1n) is 7.11. The van der Waals surface area contributed by atoms with Crippen LogP contribution in [-0.4, -0.2) is 16.9 Å². The third-order valence-electron chi connectivity index (χ3n) is 3.07. The molecular formula is C18H10N2O5. The number of carbonyl (C=O) groups is 2. The number of hydrogen-bond donors (Lipinski definition) is 0. The summed E-state index contributed by atoms with van der Waals surface area (Å²) in [6.45, 7) is 0. The highest BCUT2D eigenvalue weighted by Crippen LogP contribution is 2.21. The van der Waals surface area contributed by atoms with E-state index in [0.29, 0.717) is 5.56 Å². The number of nitrogens with zero attached hydrogens (tertiary/aromatic N) is 2. The van der Waals surface area contributed by atoms with Gasteiger partial charge in [0, 0.05) is 6.07 Å². The Balaban J connectivity index is 1.81. The van der Waals surface area contributed by atoms with Crippen molar-refractivity contribution >= 4 is 11.9 Å². The number of benzene rings is 1. The van der Waals surface area contributed by atoms with E-state index in [1.165, 1.54) is 30.5 Å². The summed E-state index contributed by atoms with van der Waals surface area (Å²) in [5.41, 5.74) is 0.349. The lowest BCUT2D eigenvalue weighted by atomic mass is 10.2. The number of nitriles is 1. The monoisotopic (exact) mass is 334 g/mol. The van der Waals surface area contributed by atoms with Gasteiger partial charge < -0.3 is 13.9 Å². The smallest absolute Gasteiger partial charge is 0.380 e. The number of ether oxygens (including phenoxy) is 2. The molecule has 0 aliphatic rings. The summed E-state index contributed by atoms with van der Waals surface area (Å²) in [6.07, 6.45) is 1.31. The molecule has 7 nitrogen and oxygen atoms in total. The van der Waals surface area contributed by atoms with Crippen molar-refractivity contribution in [2.45, 2.75) is 0 Å². The quantitative estimate of drug-likeness (QED) is 0.676. The summed E-state index contributed by atoms with van der Waals surface area (Å²) < 4.78 is 15.1. The van der Waals surface area contributed by atoms with E-state index in [4.69, 9.17) is 19.2 Å². The third kappa shape index (κ3) is 3.71. The summed E-state index contributed by atoms with van der Waals surface area (Å²) in [4.78, 5) is 27.9. The molecule has 0 fully saturated rings. The van der Waals surface area contributed by atoms with Crippen molar-refractivity contribution in [1.29, 1.82) is 5.26 Å². The Labute approximate surface area is 142 Å². The Kier molecular flexibility index (Phi) is 4.53. The zero-order valence-corrected chi connectivity index (χ0v) is 12.7. The molecule has 0 aliphatic heterocycles. The predicted octanol–water partition coefficient (Wildman–Crippen LogP) is 2.98. The van der Waals surface area contributed by atoms with Crippen LogP contribution in [0.5, 0.6) is 11.8 Å². The fraction of sp³-hybridized carbons (Fsp3) is 0. The summed E-state index contributed by atoms with van der Waals surface area (Å²) >= 11 is 0. The van der Waals surface area contributed by atoms with Crippen LogP contribution in [0.1, 0.15) is 26.5 Å². The van der Waals surface area contributed by atoms with Gasteiger partial charge in [-0.1, -0.05) is 18.2 Å². The summed E-state index contributed by atoms with van der Waals surface area (Å²) in [7, 11) is 0. The van der Waals surface area contributed by atoms with Crippen LogP contribution in [0.4, 0.5) is 0 Å². The largest absolute Gasteiger partial charge is 0.457 e. The van der Waals surface area contributed by atoms with Crippen molar-refractivity contribution in [1.82, 2.24) is 4.98 Å². The standard InChI is InChI=1S/C18H10N2O5/c19-11-13-8-9-15(24-17(21)12-5-2-1-3-6-12)20-16(13)25-18(22)14-7-4-10-23-14/h1-10H. The zero-order chi connectivity index (χ0) is 17.6. The van der Waals surface area contributed by atoms with E-state index < -0.39 is 11.9 Å². The molecule has 0 N–H and O–H groups in total. The average molecular weight is 334 g/mol. The fourth-order valence-electron chi connectivity index (χ4n) is 1.90. The van der Waals surface area contributed by atoms with Gasteiger partial charge in [-0.15, -0.1) is 0 Å². The van der Waals surface area contributed by atoms with Gasteiger partial charge in [0.1, 0.15) is 11.6 Å². The van der Waals surface area contributed by atoms with Crippen LogP contribution < -0.4 is 9.47 Å². The van der Waals surface area contributed by atoms with Crippen LogP contribution in [0.25, 0.3) is 0 Å². The zero-order valence-electron chi connectivity index (χ0n) is 12.7. The van der Waals surface area contributed by atoms with Crippen molar-refractivity contribution in [3.05, 3.63) is 77.7 Å². The van der Waals surface area contributed by atoms with E-state index in [1.54, 1.807) is 30.3 Å². The van der Waals surface area contributed by atoms with E-state index in [2.05, 4.69) is 4.98 Å². The Bertz CT molecular complexity index is 943. The molecule has 2 aromatic heterocycles. The van der Waals surface area contributed by atoms with E-state index >= 15 is 0 Å². The number of furan rings is 1. The molecule has 0 atom stereocenters. The van der Waals surface area contributed by atoms with E-state index in [1.807, 2.05) is 6.07 Å². The van der Waals surface area contributed by atoms with Gasteiger partial charge in [-0.25, -0.2) is 9.59 Å². The third-order valence-corrected chi connectivity index (χ3v) is 3.07. The number of carbonyl (C=O) groups excluding carboxylic acids is 2. The number of pyridine rings is 1. The highest BCUT2D eigenvalue weighted by atomic mass is 16.6. The number of hydrogen-bond acceptors (Lipinski definition) is 7. The topological polar surface area (TPSA) is 102 Å². The van der Waals surface area contributed by atoms with Crippen LogP contribution in [0.3, 0.4) is 0 Å². The van der Waals surface area contributed by atoms with Gasteiger partial charge in [0.05, 0.1) is 11.8 Å². The van der Waals surface area contributed by atoms with Crippen LogP contribution >= 0.6 is 0 Å². The summed E-state index contributed by atoms with van der Waals surface area (Å²) in [6, 6.07) is 15.8. The molecule has 0 saturated carbocycles. The maximum absolute atomic E-state index is 12.0. The minimum Gasteiger partial charge on any atom is -0.457 e. The van der Waals surface area contributed by atoms with Crippen molar-refractivity contribution in [3.63, 3.8) is 0 Å². The first-order chi connectivity index (χ1) is 12.2. The molecule has 122 valence electrons. The van der Waals surface area contributed by atoms with E-state index in [-0.39, 0.29) is 23.1 Å². The minimum absolute atomic E-state index is 0.0133. The molecule has 2 heterocycles. The van der Waals surface area contributed by atoms with Gasteiger partial charge in [-0.3, -0.25) is 0 Å². The van der Waals surface area contributed by atoms with Gasteiger partial charge in [-0.05, 0) is 30.3 Å². The molecule has 0 amide bonds. The van der Waals surface area contributed by atoms with Crippen molar-refractivity contribution < 1.29 is 23.5 Å². The Morgan fingerprint density at radius 1 is 0.960 bits per heavy atom. The summed E-state index contributed by atoms with van der Waals surface area (Å²) in [5, 5.41) is 9.10. The molecule has 0 unspecified atom stereocenters. The molecular weight excluding hydrogens is 324 g/mol. The lowest BCUT2D eigenvalue weighted by molar-refractivity contribution is 0.0690. The van der Waals surface area contributed by atoms with Crippen LogP contribution in [0.2, 0.25) is 0 Å². The molecule has 1 aromatic carbocycles. The molecule has 0 bridgehead atoms. The second-order valence-corrected chi connectivity index (χ2v) is 4.74. The first-order valence-corrected chi connectivity index (χ1v) is 7.11. The van der Waals surface area contributed by atoms with Gasteiger partial charge in [0.25, 0.3) is 0 Å². The average Bonchev–Trinajstić information content (AvgIpc) is 3.17. The normalized spacial score (nSPS) is 9.88. The second kappa shape index (κ2) is 7.10. The van der Waals surface area contributed by atoms with Crippen molar-refractivity contribution in [3.8, 4) is 17.8 Å². The lowest BCUT2D eigenvalue weighted by Gasteiger charge is -2.07. The van der Waals surface area contributed by atoms with Gasteiger partial charge in [0.2, 0.25) is 17.5 Å². The highest BCUT2D eigenvalue weighted by molar-refractivity contribution is 5.91. The van der Waals surface area contributed by atoms with Gasteiger partial charge >= 0.3 is 11.9 Å². The Morgan fingerprint density at radius 2 is 1.76 bits per heavy atom. The number of rotatable bonds is 4. The maximum atomic E-state index is 12.0. The fourth-order valence-corrected chi connectivity index (χ4v) is 1.90. The first kappa shape index (κ1) is 16.0. The lowest BCUT2D eigenvalue weighted by Crippen LogP contribution is -2.12. The van der Waals surface area contributed by atoms with Gasteiger partial charge in [0.15, 0.2) is 0 Å². The van der Waals surface area contributed by atoms with Crippen molar-refractivity contribution in [2.75, 3.05) is 0 Å². The predicted molar refractivity (Wildman–Crippen MR) is 84.0 cm³/mol. The van der Waals surface area contributed by atoms with Crippen molar-refractivity contribution in [2.24, 2.45) is 0 Å². The molecule has 0 radical (unpaired) electrons. The van der Waals surface area contributed by atoms with E-state index in [9.17, 15) is 9.59 Å². The van der Waals surface area contributed by atoms with Crippen LogP contribution in [0.15, 0.2) is 65.3 Å². The molecule has 0 saturated heterocycles. The number of aromatic nitrogens is 1. The van der Waals surface area contributed by atoms with Gasteiger partial charge in [-0.2, -0.15) is 10.2 Å². The molecule has 7 heteroatoms. The second-order valence-electron chi connectivity index (χ2n) is 4.74. The number of esters is 2. The molecule has 3 aromatic rings. The van der Waals surface area contributed by atoms with Crippen LogP contribution in [-0.2, 0) is 0 Å². The van der Waals surface area contributed by atoms with Crippen LogP contribution in [0, 0.1) is 11.3 Å². The minimum atomic E-state index is -0.819. The molecule has 0 aliphatic carbocycles. The SMILES string of the molecule is N#Cc1ccc(OC(=O)c2ccccc2)nc1OC(=O)c1ccco1.